The second-order valence-corrected chi connectivity index (χ2v) is 8.90. The zero-order chi connectivity index (χ0) is 30.3. The molecule has 1 heterocycles. The number of fused-ring (bicyclic) bond motifs is 2. The molecular weight excluding hydrogens is 565 g/mol. The van der Waals surface area contributed by atoms with Crippen LogP contribution in [-0.2, 0) is 6.18 Å². The van der Waals surface area contributed by atoms with Gasteiger partial charge in [0.05, 0.1) is 20.8 Å². The maximum absolute atomic E-state index is 14.0. The summed E-state index contributed by atoms with van der Waals surface area (Å²) in [5.74, 6) is -4.57. The van der Waals surface area contributed by atoms with Gasteiger partial charge >= 0.3 is 12.1 Å². The van der Waals surface area contributed by atoms with Gasteiger partial charge in [-0.2, -0.15) is 13.2 Å². The molecule has 0 N–H and O–H groups in total. The highest BCUT2D eigenvalue weighted by Crippen LogP contribution is 2.39. The first-order chi connectivity index (χ1) is 19.8. The third-order valence-corrected chi connectivity index (χ3v) is 6.21. The van der Waals surface area contributed by atoms with E-state index in [2.05, 4.69) is 0 Å². The normalized spacial score (nSPS) is 11.4. The number of carbonyl (C=O) groups excluding carboxylic acids is 1. The standard InChI is InChI=1S/C28H15F3N2O9/c1-14-21(32(36)37)11-17(12-22(14)33(38)39)27(35)41-19-8-9-20-23(13-19)42-26(28(29,30)31)25(24(20)34)40-18-7-6-15-4-2-3-5-16(15)10-18/h2-13H,1H3. The Balaban J connectivity index is 1.53. The molecule has 0 bridgehead atoms. The highest BCUT2D eigenvalue weighted by atomic mass is 19.4. The number of carbonyl (C=O) groups is 1. The number of halogens is 3. The number of hydrogen-bond donors (Lipinski definition) is 0. The predicted octanol–water partition coefficient (Wildman–Crippen LogP) is 7.10. The molecule has 0 saturated heterocycles. The molecule has 0 radical (unpaired) electrons. The van der Waals surface area contributed by atoms with Crippen LogP contribution in [0.1, 0.15) is 21.7 Å². The molecule has 0 saturated carbocycles. The minimum Gasteiger partial charge on any atom is -0.449 e. The van der Waals surface area contributed by atoms with Gasteiger partial charge in [-0.1, -0.05) is 30.3 Å². The molecular formula is C28H15F3N2O9. The molecule has 0 aliphatic carbocycles. The van der Waals surface area contributed by atoms with E-state index in [0.29, 0.717) is 5.39 Å². The average Bonchev–Trinajstić information content (AvgIpc) is 2.93. The van der Waals surface area contributed by atoms with Crippen molar-refractivity contribution < 1.29 is 41.7 Å². The van der Waals surface area contributed by atoms with Crippen molar-refractivity contribution in [2.75, 3.05) is 0 Å². The molecule has 0 spiro atoms. The molecule has 4 aromatic carbocycles. The van der Waals surface area contributed by atoms with Crippen LogP contribution < -0.4 is 14.9 Å². The number of nitrogens with zero attached hydrogens (tertiary/aromatic N) is 2. The first-order valence-electron chi connectivity index (χ1n) is 11.8. The molecule has 5 rings (SSSR count). The fourth-order valence-electron chi connectivity index (χ4n) is 4.20. The molecule has 5 aromatic rings. The van der Waals surface area contributed by atoms with Gasteiger partial charge in [0.25, 0.3) is 17.1 Å². The molecule has 0 unspecified atom stereocenters. The third kappa shape index (κ3) is 5.20. The fourth-order valence-corrected chi connectivity index (χ4v) is 4.20. The van der Waals surface area contributed by atoms with Gasteiger partial charge < -0.3 is 13.9 Å². The molecule has 0 fully saturated rings. The molecule has 0 amide bonds. The topological polar surface area (TPSA) is 152 Å². The molecule has 14 heteroatoms. The summed E-state index contributed by atoms with van der Waals surface area (Å²) in [6.45, 7) is 1.13. The van der Waals surface area contributed by atoms with Gasteiger partial charge in [0.2, 0.25) is 11.2 Å². The minimum absolute atomic E-state index is 0.0438. The van der Waals surface area contributed by atoms with Gasteiger partial charge in [-0.25, -0.2) is 4.79 Å². The number of ether oxygens (including phenoxy) is 2. The van der Waals surface area contributed by atoms with Crippen molar-refractivity contribution >= 4 is 39.1 Å². The smallest absolute Gasteiger partial charge is 0.449 e. The molecule has 11 nitrogen and oxygen atoms in total. The number of hydrogen-bond acceptors (Lipinski definition) is 9. The summed E-state index contributed by atoms with van der Waals surface area (Å²) in [6.07, 6.45) is -5.16. The fraction of sp³-hybridized carbons (Fsp3) is 0.0714. The summed E-state index contributed by atoms with van der Waals surface area (Å²) < 4.78 is 57.4. The highest BCUT2D eigenvalue weighted by Gasteiger charge is 2.40. The quantitative estimate of drug-likeness (QED) is 0.0886. The average molecular weight is 580 g/mol. The Kier molecular flexibility index (Phi) is 6.82. The molecule has 0 aliphatic rings. The van der Waals surface area contributed by atoms with Crippen LogP contribution in [0.4, 0.5) is 24.5 Å². The second kappa shape index (κ2) is 10.3. The Morgan fingerprint density at radius 1 is 0.857 bits per heavy atom. The largest absolute Gasteiger partial charge is 0.453 e. The van der Waals surface area contributed by atoms with E-state index in [1.54, 1.807) is 30.3 Å². The number of nitro groups is 2. The van der Waals surface area contributed by atoms with Crippen LogP contribution in [0.5, 0.6) is 17.2 Å². The zero-order valence-electron chi connectivity index (χ0n) is 21.1. The maximum Gasteiger partial charge on any atom is 0.453 e. The SMILES string of the molecule is Cc1c([N+](=O)[O-])cc(C(=O)Oc2ccc3c(=O)c(Oc4ccc5ccccc5c4)c(C(F)(F)F)oc3c2)cc1[N+](=O)[O-]. The predicted molar refractivity (Wildman–Crippen MR) is 141 cm³/mol. The number of benzene rings is 4. The Labute approximate surface area is 231 Å². The lowest BCUT2D eigenvalue weighted by Gasteiger charge is -2.14. The minimum atomic E-state index is -5.16. The molecule has 0 atom stereocenters. The van der Waals surface area contributed by atoms with Crippen LogP contribution in [0.3, 0.4) is 0 Å². The number of nitro benzene ring substituents is 2. The van der Waals surface area contributed by atoms with Crippen molar-refractivity contribution in [3.8, 4) is 17.2 Å². The van der Waals surface area contributed by atoms with E-state index in [4.69, 9.17) is 13.9 Å². The van der Waals surface area contributed by atoms with E-state index in [1.165, 1.54) is 12.1 Å². The van der Waals surface area contributed by atoms with Crippen molar-refractivity contribution in [1.82, 2.24) is 0 Å². The van der Waals surface area contributed by atoms with E-state index >= 15 is 0 Å². The highest BCUT2D eigenvalue weighted by molar-refractivity contribution is 5.93. The van der Waals surface area contributed by atoms with Crippen molar-refractivity contribution in [3.63, 3.8) is 0 Å². The summed E-state index contributed by atoms with van der Waals surface area (Å²) in [5.41, 5.74) is -4.04. The number of rotatable bonds is 6. The summed E-state index contributed by atoms with van der Waals surface area (Å²) in [4.78, 5) is 46.6. The van der Waals surface area contributed by atoms with Crippen LogP contribution in [0.25, 0.3) is 21.7 Å². The van der Waals surface area contributed by atoms with Crippen molar-refractivity contribution in [2.45, 2.75) is 13.1 Å². The first-order valence-corrected chi connectivity index (χ1v) is 11.8. The lowest BCUT2D eigenvalue weighted by atomic mass is 10.1. The maximum atomic E-state index is 14.0. The zero-order valence-corrected chi connectivity index (χ0v) is 21.1. The third-order valence-electron chi connectivity index (χ3n) is 6.21. The lowest BCUT2D eigenvalue weighted by molar-refractivity contribution is -0.395. The van der Waals surface area contributed by atoms with Crippen LogP contribution in [0.2, 0.25) is 0 Å². The first kappa shape index (κ1) is 27.8. The van der Waals surface area contributed by atoms with Gasteiger partial charge in [-0.05, 0) is 42.0 Å². The van der Waals surface area contributed by atoms with E-state index < -0.39 is 67.2 Å². The summed E-state index contributed by atoms with van der Waals surface area (Å²) in [5, 5.41) is 23.7. The van der Waals surface area contributed by atoms with Gasteiger partial charge in [0.15, 0.2) is 0 Å². The Bertz CT molecular complexity index is 1970. The summed E-state index contributed by atoms with van der Waals surface area (Å²) >= 11 is 0. The molecule has 212 valence electrons. The monoisotopic (exact) mass is 580 g/mol. The number of alkyl halides is 3. The molecule has 1 aromatic heterocycles. The molecule has 0 aliphatic heterocycles. The Morgan fingerprint density at radius 3 is 2.10 bits per heavy atom. The van der Waals surface area contributed by atoms with Crippen molar-refractivity contribution in [1.29, 1.82) is 0 Å². The summed E-state index contributed by atoms with van der Waals surface area (Å²) in [7, 11) is 0. The van der Waals surface area contributed by atoms with E-state index in [0.717, 1.165) is 42.6 Å². The van der Waals surface area contributed by atoms with Gasteiger partial charge in [-0.15, -0.1) is 0 Å². The van der Waals surface area contributed by atoms with Crippen LogP contribution in [-0.4, -0.2) is 15.8 Å². The second-order valence-electron chi connectivity index (χ2n) is 8.90. The van der Waals surface area contributed by atoms with E-state index in [9.17, 15) is 43.0 Å². The molecule has 42 heavy (non-hydrogen) atoms. The van der Waals surface area contributed by atoms with Crippen molar-refractivity contribution in [3.05, 3.63) is 120 Å². The van der Waals surface area contributed by atoms with Gasteiger partial charge in [-0.3, -0.25) is 25.0 Å². The van der Waals surface area contributed by atoms with E-state index in [-0.39, 0.29) is 16.7 Å². The van der Waals surface area contributed by atoms with Gasteiger partial charge in [0, 0.05) is 18.2 Å². The lowest BCUT2D eigenvalue weighted by Crippen LogP contribution is -2.15. The van der Waals surface area contributed by atoms with E-state index in [1.807, 2.05) is 0 Å². The van der Waals surface area contributed by atoms with Crippen LogP contribution in [0, 0.1) is 27.2 Å². The van der Waals surface area contributed by atoms with Crippen LogP contribution in [0.15, 0.2) is 82.0 Å². The van der Waals surface area contributed by atoms with Crippen LogP contribution >= 0.6 is 0 Å². The van der Waals surface area contributed by atoms with Crippen molar-refractivity contribution in [2.24, 2.45) is 0 Å². The summed E-state index contributed by atoms with van der Waals surface area (Å²) in [6, 6.07) is 16.0. The Hall–Kier alpha value is -5.79. The Morgan fingerprint density at radius 2 is 1.48 bits per heavy atom. The van der Waals surface area contributed by atoms with Gasteiger partial charge in [0.1, 0.15) is 22.6 Å². The number of esters is 1.